The summed E-state index contributed by atoms with van der Waals surface area (Å²) in [5, 5.41) is 21.7. The van der Waals surface area contributed by atoms with Crippen LogP contribution in [0.4, 0.5) is 14.5 Å². The highest BCUT2D eigenvalue weighted by Crippen LogP contribution is 2.27. The summed E-state index contributed by atoms with van der Waals surface area (Å²) in [6.07, 6.45) is 1.68. The molecule has 0 amide bonds. The number of halogens is 2. The van der Waals surface area contributed by atoms with Crippen LogP contribution in [0.2, 0.25) is 0 Å². The van der Waals surface area contributed by atoms with Crippen molar-refractivity contribution in [2.24, 2.45) is 5.41 Å². The normalized spacial score (nSPS) is 12.6. The highest BCUT2D eigenvalue weighted by atomic mass is 19.3. The van der Waals surface area contributed by atoms with Crippen molar-refractivity contribution < 1.29 is 32.9 Å². The summed E-state index contributed by atoms with van der Waals surface area (Å²) in [5.74, 6) is -0.796. The Morgan fingerprint density at radius 1 is 1.29 bits per heavy atom. The van der Waals surface area contributed by atoms with Gasteiger partial charge in [-0.3, -0.25) is 5.41 Å². The molecule has 1 atom stereocenters. The van der Waals surface area contributed by atoms with Crippen molar-refractivity contribution in [1.29, 1.82) is 5.41 Å². The highest BCUT2D eigenvalue weighted by Gasteiger charge is 2.25. The van der Waals surface area contributed by atoms with Gasteiger partial charge in [0.1, 0.15) is 29.3 Å². The van der Waals surface area contributed by atoms with Gasteiger partial charge in [0, 0.05) is 29.9 Å². The summed E-state index contributed by atoms with van der Waals surface area (Å²) in [5.41, 5.74) is 0.653. The van der Waals surface area contributed by atoms with Gasteiger partial charge in [-0.15, -0.1) is 0 Å². The van der Waals surface area contributed by atoms with E-state index in [1.165, 1.54) is 42.3 Å². The topological polar surface area (TPSA) is 132 Å². The SMILES string of the molecule is CNc1ccc(OC(F)F)cc1C(=N)c1cnc2c(n1)c(C(=O)OC)cn2COC(O)C(C)(C)C. The molecule has 0 saturated carbocycles. The van der Waals surface area contributed by atoms with Crippen LogP contribution >= 0.6 is 0 Å². The van der Waals surface area contributed by atoms with Crippen LogP contribution in [0.1, 0.15) is 42.4 Å². The van der Waals surface area contributed by atoms with Crippen molar-refractivity contribution in [3.63, 3.8) is 0 Å². The summed E-state index contributed by atoms with van der Waals surface area (Å²) in [6.45, 7) is 2.29. The van der Waals surface area contributed by atoms with Crippen LogP contribution in [-0.2, 0) is 16.2 Å². The number of nitrogens with one attached hydrogen (secondary N) is 2. The first-order chi connectivity index (χ1) is 16.5. The Hall–Kier alpha value is -3.64. The van der Waals surface area contributed by atoms with Crippen molar-refractivity contribution in [3.05, 3.63) is 47.4 Å². The van der Waals surface area contributed by atoms with Crippen molar-refractivity contribution in [1.82, 2.24) is 14.5 Å². The van der Waals surface area contributed by atoms with Gasteiger partial charge in [-0.2, -0.15) is 8.78 Å². The standard InChI is InChI=1S/C23H27F2N5O5/c1-23(2,3)21(32)34-11-30-10-14(20(31)33-5)18-19(30)28-9-16(29-18)17(26)13-8-12(35-22(24)25)6-7-15(13)27-4/h6-10,21-22,26-27,32H,11H2,1-5H3. The number of aliphatic hydroxyl groups excluding tert-OH is 1. The average Bonchev–Trinajstić information content (AvgIpc) is 3.18. The first kappa shape index (κ1) is 26.0. The maximum absolute atomic E-state index is 12.7. The number of fused-ring (bicyclic) bond motifs is 1. The van der Waals surface area contributed by atoms with Gasteiger partial charge in [0.2, 0.25) is 0 Å². The number of carbonyl (C=O) groups excluding carboxylic acids is 1. The fourth-order valence-electron chi connectivity index (χ4n) is 3.19. The number of alkyl halides is 2. The number of esters is 1. The molecule has 10 nitrogen and oxygen atoms in total. The molecule has 35 heavy (non-hydrogen) atoms. The minimum absolute atomic E-state index is 0.0849. The van der Waals surface area contributed by atoms with Gasteiger partial charge in [-0.25, -0.2) is 14.8 Å². The molecule has 1 unspecified atom stereocenters. The smallest absolute Gasteiger partial charge is 0.387 e. The molecule has 0 aliphatic heterocycles. The van der Waals surface area contributed by atoms with Gasteiger partial charge < -0.3 is 29.2 Å². The molecule has 1 aromatic carbocycles. The number of aliphatic hydroxyl groups is 1. The summed E-state index contributed by atoms with van der Waals surface area (Å²) in [6, 6.07) is 4.15. The minimum Gasteiger partial charge on any atom is -0.465 e. The van der Waals surface area contributed by atoms with Crippen LogP contribution in [0.15, 0.2) is 30.6 Å². The number of rotatable bonds is 9. The molecular weight excluding hydrogens is 464 g/mol. The van der Waals surface area contributed by atoms with Crippen molar-refractivity contribution in [2.75, 3.05) is 19.5 Å². The molecule has 3 N–H and O–H groups in total. The van der Waals surface area contributed by atoms with E-state index in [4.69, 9.17) is 14.9 Å². The number of anilines is 1. The van der Waals surface area contributed by atoms with Crippen molar-refractivity contribution >= 4 is 28.5 Å². The second-order valence-electron chi connectivity index (χ2n) is 8.66. The Morgan fingerprint density at radius 3 is 2.60 bits per heavy atom. The van der Waals surface area contributed by atoms with E-state index in [2.05, 4.69) is 20.0 Å². The number of ether oxygens (including phenoxy) is 3. The predicted octanol–water partition coefficient (Wildman–Crippen LogP) is 3.62. The second-order valence-corrected chi connectivity index (χ2v) is 8.66. The first-order valence-electron chi connectivity index (χ1n) is 10.6. The third-order valence-electron chi connectivity index (χ3n) is 5.09. The fraction of sp³-hybridized carbons (Fsp3) is 0.391. The van der Waals surface area contributed by atoms with Crippen molar-refractivity contribution in [2.45, 2.75) is 40.4 Å². The molecular formula is C23H27F2N5O5. The molecule has 3 aromatic rings. The van der Waals surface area contributed by atoms with Gasteiger partial charge in [0.15, 0.2) is 11.9 Å². The third-order valence-corrected chi connectivity index (χ3v) is 5.09. The number of carbonyl (C=O) groups is 1. The summed E-state index contributed by atoms with van der Waals surface area (Å²) >= 11 is 0. The number of benzene rings is 1. The Labute approximate surface area is 200 Å². The van der Waals surface area contributed by atoms with Gasteiger partial charge in [0.25, 0.3) is 0 Å². The van der Waals surface area contributed by atoms with E-state index in [-0.39, 0.29) is 46.2 Å². The zero-order chi connectivity index (χ0) is 25.9. The number of hydrogen-bond donors (Lipinski definition) is 3. The molecule has 0 aliphatic carbocycles. The van der Waals surface area contributed by atoms with Crippen LogP contribution in [-0.4, -0.2) is 58.4 Å². The molecule has 12 heteroatoms. The lowest BCUT2D eigenvalue weighted by Gasteiger charge is -2.25. The second kappa shape index (κ2) is 10.3. The van der Waals surface area contributed by atoms with Crippen molar-refractivity contribution in [3.8, 4) is 5.75 Å². The van der Waals surface area contributed by atoms with E-state index in [1.807, 2.05) is 20.8 Å². The van der Waals surface area contributed by atoms with Crippen LogP contribution in [0.25, 0.3) is 11.2 Å². The summed E-state index contributed by atoms with van der Waals surface area (Å²) in [7, 11) is 2.84. The number of aromatic nitrogens is 3. The average molecular weight is 491 g/mol. The summed E-state index contributed by atoms with van der Waals surface area (Å²) in [4.78, 5) is 21.2. The molecule has 2 heterocycles. The van der Waals surface area contributed by atoms with Crippen LogP contribution in [0, 0.1) is 10.8 Å². The number of methoxy groups -OCH3 is 1. The molecule has 0 aliphatic rings. The Balaban J connectivity index is 2.04. The maximum atomic E-state index is 12.7. The van der Waals surface area contributed by atoms with E-state index in [9.17, 15) is 18.7 Å². The van der Waals surface area contributed by atoms with Crippen LogP contribution in [0.5, 0.6) is 5.75 Å². The Morgan fingerprint density at radius 2 is 2.00 bits per heavy atom. The van der Waals surface area contributed by atoms with Gasteiger partial charge in [0.05, 0.1) is 19.0 Å². The minimum atomic E-state index is -3.02. The van der Waals surface area contributed by atoms with Crippen LogP contribution < -0.4 is 10.1 Å². The highest BCUT2D eigenvalue weighted by molar-refractivity contribution is 6.14. The Kier molecular flexibility index (Phi) is 7.66. The van der Waals surface area contributed by atoms with E-state index < -0.39 is 24.3 Å². The maximum Gasteiger partial charge on any atom is 0.387 e. The lowest BCUT2D eigenvalue weighted by atomic mass is 9.96. The molecule has 0 radical (unpaired) electrons. The quantitative estimate of drug-likeness (QED) is 0.235. The number of hydrogen-bond acceptors (Lipinski definition) is 9. The van der Waals surface area contributed by atoms with E-state index in [1.54, 1.807) is 7.05 Å². The fourth-order valence-corrected chi connectivity index (χ4v) is 3.19. The van der Waals surface area contributed by atoms with E-state index in [0.717, 1.165) is 0 Å². The zero-order valence-electron chi connectivity index (χ0n) is 19.9. The molecule has 3 rings (SSSR count). The largest absolute Gasteiger partial charge is 0.465 e. The molecule has 2 aromatic heterocycles. The van der Waals surface area contributed by atoms with Gasteiger partial charge in [-0.1, -0.05) is 20.8 Å². The first-order valence-corrected chi connectivity index (χ1v) is 10.6. The van der Waals surface area contributed by atoms with E-state index >= 15 is 0 Å². The molecule has 0 fully saturated rings. The van der Waals surface area contributed by atoms with Gasteiger partial charge >= 0.3 is 12.6 Å². The lowest BCUT2D eigenvalue weighted by molar-refractivity contribution is -0.178. The molecule has 0 bridgehead atoms. The van der Waals surface area contributed by atoms with Crippen LogP contribution in [0.3, 0.4) is 0 Å². The lowest BCUT2D eigenvalue weighted by Crippen LogP contribution is -2.29. The molecule has 188 valence electrons. The Bertz CT molecular complexity index is 1240. The monoisotopic (exact) mass is 491 g/mol. The zero-order valence-corrected chi connectivity index (χ0v) is 19.9. The predicted molar refractivity (Wildman–Crippen MR) is 124 cm³/mol. The number of nitrogens with zero attached hydrogens (tertiary/aromatic N) is 3. The molecule has 0 saturated heterocycles. The summed E-state index contributed by atoms with van der Waals surface area (Å²) < 4.78 is 41.7. The third kappa shape index (κ3) is 5.72. The van der Waals surface area contributed by atoms with Gasteiger partial charge in [-0.05, 0) is 18.2 Å². The van der Waals surface area contributed by atoms with E-state index in [0.29, 0.717) is 5.69 Å². The molecule has 0 spiro atoms.